The van der Waals surface area contributed by atoms with Crippen LogP contribution in [0.1, 0.15) is 19.3 Å². The summed E-state index contributed by atoms with van der Waals surface area (Å²) in [6.45, 7) is 0. The minimum absolute atomic E-state index is 0.0182. The lowest BCUT2D eigenvalue weighted by molar-refractivity contribution is -0.306. The monoisotopic (exact) mass is 248 g/mol. The number of nitrogens with zero attached hydrogens (tertiary/aromatic N) is 1. The van der Waals surface area contributed by atoms with E-state index in [0.717, 1.165) is 0 Å². The van der Waals surface area contributed by atoms with Gasteiger partial charge in [-0.05, 0) is 18.8 Å². The number of carboxylic acids is 1. The molecule has 0 aromatic carbocycles. The molecule has 0 aromatic rings. The van der Waals surface area contributed by atoms with Gasteiger partial charge in [-0.2, -0.15) is 5.26 Å². The Hall–Kier alpha value is -0.890. The highest BCUT2D eigenvalue weighted by Crippen LogP contribution is 2.49. The number of carboxylic acid groups (broad SMARTS) is 1. The Morgan fingerprint density at radius 1 is 1.50 bits per heavy atom. The van der Waals surface area contributed by atoms with Crippen LogP contribution in [0.25, 0.3) is 0 Å². The van der Waals surface area contributed by atoms with Crippen molar-refractivity contribution in [3.63, 3.8) is 0 Å². The highest BCUT2D eigenvalue weighted by atomic mass is 31.2. The first-order valence-corrected chi connectivity index (χ1v) is 6.47. The summed E-state index contributed by atoms with van der Waals surface area (Å²) in [6.07, 6.45) is 0.264. The van der Waals surface area contributed by atoms with Crippen LogP contribution in [0.2, 0.25) is 0 Å². The van der Waals surface area contributed by atoms with Crippen molar-refractivity contribution in [2.75, 3.05) is 20.4 Å². The van der Waals surface area contributed by atoms with Crippen LogP contribution in [0.15, 0.2) is 0 Å². The van der Waals surface area contributed by atoms with Crippen molar-refractivity contribution in [3.05, 3.63) is 0 Å². The molecule has 0 bridgehead atoms. The second kappa shape index (κ2) is 7.39. The number of hydrogen-bond acceptors (Lipinski definition) is 6. The first kappa shape index (κ1) is 15.1. The number of rotatable bonds is 8. The summed E-state index contributed by atoms with van der Waals surface area (Å²) < 4.78 is 21.2. The number of carbonyl (C=O) groups excluding carboxylic acids is 1. The maximum Gasteiger partial charge on any atom is 0.330 e. The smallest absolute Gasteiger partial charge is 0.330 e. The molecule has 0 fully saturated rings. The topological polar surface area (TPSA) is 99.5 Å². The normalized spacial score (nSPS) is 13.1. The van der Waals surface area contributed by atoms with Crippen molar-refractivity contribution >= 4 is 13.6 Å². The Morgan fingerprint density at radius 2 is 2.06 bits per heavy atom. The summed E-state index contributed by atoms with van der Waals surface area (Å²) in [7, 11) is -0.753. The first-order chi connectivity index (χ1) is 7.47. The van der Waals surface area contributed by atoms with Crippen LogP contribution in [0.5, 0.6) is 0 Å². The van der Waals surface area contributed by atoms with E-state index in [1.165, 1.54) is 14.2 Å². The molecule has 0 rings (SSSR count). The zero-order valence-electron chi connectivity index (χ0n) is 9.34. The van der Waals surface area contributed by atoms with Gasteiger partial charge in [-0.15, -0.1) is 0 Å². The lowest BCUT2D eigenvalue weighted by Crippen LogP contribution is -2.26. The van der Waals surface area contributed by atoms with Gasteiger partial charge in [0.1, 0.15) is 0 Å². The van der Waals surface area contributed by atoms with E-state index in [1.54, 1.807) is 0 Å². The first-order valence-electron chi connectivity index (χ1n) is 4.74. The summed E-state index contributed by atoms with van der Waals surface area (Å²) in [4.78, 5) is 10.5. The quantitative estimate of drug-likeness (QED) is 0.581. The molecule has 0 saturated heterocycles. The summed E-state index contributed by atoms with van der Waals surface area (Å²) in [5.74, 6) is -1.67. The lowest BCUT2D eigenvalue weighted by Gasteiger charge is -2.20. The second-order valence-electron chi connectivity index (χ2n) is 3.30. The predicted octanol–water partition coefficient (Wildman–Crippen LogP) is 0.532. The van der Waals surface area contributed by atoms with Crippen LogP contribution < -0.4 is 5.11 Å². The van der Waals surface area contributed by atoms with E-state index >= 15 is 0 Å². The van der Waals surface area contributed by atoms with Gasteiger partial charge < -0.3 is 18.9 Å². The molecule has 0 spiro atoms. The standard InChI is InChI=1S/C9H16NO5P/c1-14-16(13,15-2)7-8(4-3-5-10)6-9(11)12/h8H,3-4,6-7H2,1-2H3,(H,11,12)/p-1/t8-/m1/s1. The molecule has 0 unspecified atom stereocenters. The minimum atomic E-state index is -3.23. The summed E-state index contributed by atoms with van der Waals surface area (Å²) >= 11 is 0. The molecule has 0 amide bonds. The number of aliphatic carboxylic acids is 1. The van der Waals surface area contributed by atoms with Gasteiger partial charge >= 0.3 is 7.60 Å². The number of carbonyl (C=O) groups is 1. The molecule has 0 aromatic heterocycles. The van der Waals surface area contributed by atoms with E-state index in [2.05, 4.69) is 0 Å². The van der Waals surface area contributed by atoms with Crippen molar-refractivity contribution in [3.8, 4) is 6.07 Å². The van der Waals surface area contributed by atoms with Crippen LogP contribution in [-0.2, 0) is 18.4 Å². The van der Waals surface area contributed by atoms with Crippen LogP contribution in [0.3, 0.4) is 0 Å². The summed E-state index contributed by atoms with van der Waals surface area (Å²) in [5.41, 5.74) is 0. The average molecular weight is 248 g/mol. The zero-order valence-corrected chi connectivity index (χ0v) is 10.2. The molecular formula is C9H15NO5P-. The van der Waals surface area contributed by atoms with Crippen LogP contribution >= 0.6 is 7.60 Å². The molecule has 7 heteroatoms. The molecular weight excluding hydrogens is 233 g/mol. The molecule has 0 aliphatic heterocycles. The van der Waals surface area contributed by atoms with Gasteiger partial charge in [0, 0.05) is 26.6 Å². The van der Waals surface area contributed by atoms with E-state index in [9.17, 15) is 14.5 Å². The highest BCUT2D eigenvalue weighted by Gasteiger charge is 2.26. The number of nitriles is 1. The Morgan fingerprint density at radius 3 is 2.44 bits per heavy atom. The second-order valence-corrected chi connectivity index (χ2v) is 5.61. The van der Waals surface area contributed by atoms with Crippen LogP contribution in [0.4, 0.5) is 0 Å². The molecule has 0 aliphatic carbocycles. The maximum atomic E-state index is 11.8. The minimum Gasteiger partial charge on any atom is -0.550 e. The third-order valence-electron chi connectivity index (χ3n) is 2.16. The van der Waals surface area contributed by atoms with Gasteiger partial charge in [0.15, 0.2) is 0 Å². The van der Waals surface area contributed by atoms with Gasteiger partial charge in [0.05, 0.1) is 12.2 Å². The third kappa shape index (κ3) is 5.86. The fraction of sp³-hybridized carbons (Fsp3) is 0.778. The molecule has 92 valence electrons. The van der Waals surface area contributed by atoms with E-state index in [4.69, 9.17) is 14.3 Å². The summed E-state index contributed by atoms with van der Waals surface area (Å²) in [6, 6.07) is 1.91. The predicted molar refractivity (Wildman–Crippen MR) is 54.5 cm³/mol. The molecule has 0 aliphatic rings. The number of hydrogen-bond donors (Lipinski definition) is 0. The molecule has 16 heavy (non-hydrogen) atoms. The summed E-state index contributed by atoms with van der Waals surface area (Å²) in [5, 5.41) is 18.9. The van der Waals surface area contributed by atoms with E-state index in [0.29, 0.717) is 6.42 Å². The average Bonchev–Trinajstić information content (AvgIpc) is 2.25. The SMILES string of the molecule is COP(=O)(C[C@H](CCC#N)CC(=O)[O-])OC. The van der Waals surface area contributed by atoms with Gasteiger partial charge in [-0.3, -0.25) is 4.57 Å². The fourth-order valence-electron chi connectivity index (χ4n) is 1.30. The van der Waals surface area contributed by atoms with Crippen LogP contribution in [-0.4, -0.2) is 26.4 Å². The van der Waals surface area contributed by atoms with Gasteiger partial charge in [0.2, 0.25) is 0 Å². The van der Waals surface area contributed by atoms with E-state index in [1.807, 2.05) is 6.07 Å². The van der Waals surface area contributed by atoms with Crippen molar-refractivity contribution in [2.24, 2.45) is 5.92 Å². The Bertz CT molecular complexity index is 304. The van der Waals surface area contributed by atoms with Crippen molar-refractivity contribution in [2.45, 2.75) is 19.3 Å². The Labute approximate surface area is 94.7 Å². The molecule has 1 atom stereocenters. The Kier molecular flexibility index (Phi) is 6.98. The maximum absolute atomic E-state index is 11.8. The largest absolute Gasteiger partial charge is 0.550 e. The van der Waals surface area contributed by atoms with Crippen molar-refractivity contribution in [1.82, 2.24) is 0 Å². The zero-order chi connectivity index (χ0) is 12.6. The molecule has 0 saturated carbocycles. The van der Waals surface area contributed by atoms with E-state index < -0.39 is 19.5 Å². The molecule has 0 N–H and O–H groups in total. The van der Waals surface area contributed by atoms with Crippen LogP contribution in [0, 0.1) is 17.2 Å². The molecule has 0 radical (unpaired) electrons. The van der Waals surface area contributed by atoms with Gasteiger partial charge in [-0.1, -0.05) is 0 Å². The van der Waals surface area contributed by atoms with Gasteiger partial charge in [0.25, 0.3) is 0 Å². The van der Waals surface area contributed by atoms with Crippen molar-refractivity contribution in [1.29, 1.82) is 5.26 Å². The molecule has 0 heterocycles. The van der Waals surface area contributed by atoms with E-state index in [-0.39, 0.29) is 19.0 Å². The third-order valence-corrected chi connectivity index (χ3v) is 4.23. The Balaban J connectivity index is 4.46. The highest BCUT2D eigenvalue weighted by molar-refractivity contribution is 7.53. The van der Waals surface area contributed by atoms with Gasteiger partial charge in [-0.25, -0.2) is 0 Å². The lowest BCUT2D eigenvalue weighted by atomic mass is 10.0. The van der Waals surface area contributed by atoms with Crippen molar-refractivity contribution < 1.29 is 23.5 Å². The molecule has 6 nitrogen and oxygen atoms in total. The fourth-order valence-corrected chi connectivity index (χ4v) is 2.69.